The van der Waals surface area contributed by atoms with Crippen molar-refractivity contribution in [1.82, 2.24) is 5.43 Å². The van der Waals surface area contributed by atoms with Gasteiger partial charge in [0.25, 0.3) is 0 Å². The van der Waals surface area contributed by atoms with E-state index in [0.717, 1.165) is 5.56 Å². The maximum Gasteiger partial charge on any atom is 0.427 e. The fourth-order valence-electron chi connectivity index (χ4n) is 1.72. The Morgan fingerprint density at radius 1 is 1.18 bits per heavy atom. The Balaban J connectivity index is 2.15. The summed E-state index contributed by atoms with van der Waals surface area (Å²) in [5.74, 6) is -1.16. The van der Waals surface area contributed by atoms with E-state index in [-0.39, 0.29) is 5.76 Å². The summed E-state index contributed by atoms with van der Waals surface area (Å²) in [5, 5.41) is 14.6. The lowest BCUT2D eigenvalue weighted by atomic mass is 10.1. The van der Waals surface area contributed by atoms with Crippen molar-refractivity contribution in [2.75, 3.05) is 7.11 Å². The van der Waals surface area contributed by atoms with E-state index in [0.29, 0.717) is 17.0 Å². The highest BCUT2D eigenvalue weighted by Crippen LogP contribution is 2.22. The number of benzene rings is 1. The first-order valence-corrected chi connectivity index (χ1v) is 6.31. The van der Waals surface area contributed by atoms with Gasteiger partial charge in [0.2, 0.25) is 0 Å². The van der Waals surface area contributed by atoms with Crippen molar-refractivity contribution >= 4 is 17.8 Å². The zero-order valence-electron chi connectivity index (χ0n) is 12.0. The monoisotopic (exact) mass is 301 g/mol. The quantitative estimate of drug-likeness (QED) is 0.678. The van der Waals surface area contributed by atoms with Crippen LogP contribution in [0.2, 0.25) is 0 Å². The van der Waals surface area contributed by atoms with Crippen molar-refractivity contribution in [3.63, 3.8) is 0 Å². The van der Waals surface area contributed by atoms with Gasteiger partial charge in [-0.1, -0.05) is 24.3 Å². The summed E-state index contributed by atoms with van der Waals surface area (Å²) in [6.45, 7) is 1.73. The minimum absolute atomic E-state index is 0.223. The number of hydrogen-bond acceptors (Lipinski definition) is 6. The van der Waals surface area contributed by atoms with Gasteiger partial charge in [-0.15, -0.1) is 0 Å². The van der Waals surface area contributed by atoms with E-state index in [9.17, 15) is 14.7 Å². The van der Waals surface area contributed by atoms with Crippen LogP contribution < -0.4 is 10.5 Å². The summed E-state index contributed by atoms with van der Waals surface area (Å²) in [7, 11) is 1.25. The van der Waals surface area contributed by atoms with Crippen molar-refractivity contribution in [3.05, 3.63) is 47.7 Å². The van der Waals surface area contributed by atoms with E-state index < -0.39 is 12.1 Å². The Kier molecular flexibility index (Phi) is 4.57. The summed E-state index contributed by atoms with van der Waals surface area (Å²) in [6, 6.07) is 9.95. The third kappa shape index (κ3) is 3.51. The van der Waals surface area contributed by atoms with Crippen molar-refractivity contribution < 1.29 is 23.8 Å². The molecule has 0 saturated heterocycles. The Bertz CT molecular complexity index is 716. The van der Waals surface area contributed by atoms with Crippen LogP contribution in [0, 0.1) is 0 Å². The van der Waals surface area contributed by atoms with E-state index >= 15 is 0 Å². The van der Waals surface area contributed by atoms with E-state index in [1.165, 1.54) is 13.2 Å². The number of aromatic carboxylic acids is 1. The highest BCUT2D eigenvalue weighted by atomic mass is 16.5. The number of hydrogen-bond donors (Lipinski definition) is 1. The molecule has 0 aliphatic heterocycles. The van der Waals surface area contributed by atoms with Gasteiger partial charge in [0.05, 0.1) is 12.8 Å². The second kappa shape index (κ2) is 6.57. The Labute approximate surface area is 126 Å². The minimum atomic E-state index is -1.36. The fraction of sp³-hybridized carbons (Fsp3) is 0.133. The molecule has 1 heterocycles. The van der Waals surface area contributed by atoms with Gasteiger partial charge in [0, 0.05) is 5.56 Å². The fourth-order valence-corrected chi connectivity index (χ4v) is 1.72. The molecule has 2 rings (SSSR count). The molecule has 0 fully saturated rings. The maximum atomic E-state index is 10.9. The number of carbonyl (C=O) groups is 2. The van der Waals surface area contributed by atoms with Gasteiger partial charge < -0.3 is 19.1 Å². The first-order valence-electron chi connectivity index (χ1n) is 6.31. The van der Waals surface area contributed by atoms with Gasteiger partial charge in [-0.2, -0.15) is 5.10 Å². The van der Waals surface area contributed by atoms with Crippen LogP contribution in [0.3, 0.4) is 0 Å². The highest BCUT2D eigenvalue weighted by molar-refractivity contribution is 5.99. The van der Waals surface area contributed by atoms with Gasteiger partial charge in [-0.25, -0.2) is 10.2 Å². The molecule has 0 atom stereocenters. The molecule has 1 aromatic heterocycles. The summed E-state index contributed by atoms with van der Waals surface area (Å²) < 4.78 is 9.57. The smallest absolute Gasteiger partial charge is 0.427 e. The molecule has 2 aromatic rings. The van der Waals surface area contributed by atoms with Gasteiger partial charge in [0.1, 0.15) is 17.5 Å². The second-order valence-electron chi connectivity index (χ2n) is 4.33. The Hall–Kier alpha value is -3.09. The first kappa shape index (κ1) is 15.3. The van der Waals surface area contributed by atoms with Crippen molar-refractivity contribution in [2.45, 2.75) is 6.92 Å². The largest absolute Gasteiger partial charge is 0.542 e. The molecule has 0 radical (unpaired) electrons. The van der Waals surface area contributed by atoms with Gasteiger partial charge in [-0.05, 0) is 24.6 Å². The average Bonchev–Trinajstić information content (AvgIpc) is 3.02. The predicted molar refractivity (Wildman–Crippen MR) is 76.2 cm³/mol. The lowest BCUT2D eigenvalue weighted by Gasteiger charge is -2.03. The second-order valence-corrected chi connectivity index (χ2v) is 4.33. The minimum Gasteiger partial charge on any atom is -0.542 e. The summed E-state index contributed by atoms with van der Waals surface area (Å²) in [6.07, 6.45) is -0.652. The number of rotatable bonds is 4. The van der Waals surface area contributed by atoms with Gasteiger partial charge >= 0.3 is 6.09 Å². The number of amides is 1. The van der Waals surface area contributed by atoms with E-state index in [2.05, 4.69) is 15.3 Å². The molecule has 0 aliphatic carbocycles. The first-order chi connectivity index (χ1) is 10.5. The van der Waals surface area contributed by atoms with E-state index in [1.807, 2.05) is 0 Å². The number of carboxylic acid groups (broad SMARTS) is 1. The molecule has 22 heavy (non-hydrogen) atoms. The molecule has 0 aliphatic rings. The zero-order chi connectivity index (χ0) is 16.1. The average molecular weight is 301 g/mol. The number of nitrogens with one attached hydrogen (secondary N) is 1. The SMILES string of the molecule is COC(=O)N/N=C(/C)c1ccc(-c2ccc(C(=O)[O-])o2)cc1. The predicted octanol–water partition coefficient (Wildman–Crippen LogP) is 1.39. The standard InChI is InChI=1S/C15H14N2O5/c1-9(16-17-15(20)21-2)10-3-5-11(6-4-10)12-7-8-13(22-12)14(18)19/h3-8H,1-2H3,(H,17,20)(H,18,19)/p-1/b16-9-. The van der Waals surface area contributed by atoms with Crippen molar-refractivity contribution in [1.29, 1.82) is 0 Å². The summed E-state index contributed by atoms with van der Waals surface area (Å²) >= 11 is 0. The van der Waals surface area contributed by atoms with Crippen LogP contribution in [0.5, 0.6) is 0 Å². The van der Waals surface area contributed by atoms with Crippen LogP contribution in [0.4, 0.5) is 4.79 Å². The van der Waals surface area contributed by atoms with Gasteiger partial charge in [0.15, 0.2) is 0 Å². The van der Waals surface area contributed by atoms with E-state index in [1.54, 1.807) is 37.3 Å². The number of nitrogens with zero attached hydrogens (tertiary/aromatic N) is 1. The molecular formula is C15H13N2O5-. The van der Waals surface area contributed by atoms with Crippen LogP contribution in [-0.4, -0.2) is 24.9 Å². The lowest BCUT2D eigenvalue weighted by molar-refractivity contribution is -0.257. The third-order valence-electron chi connectivity index (χ3n) is 2.89. The van der Waals surface area contributed by atoms with Crippen LogP contribution in [0.15, 0.2) is 45.9 Å². The molecule has 1 N–H and O–H groups in total. The number of furan rings is 1. The maximum absolute atomic E-state index is 10.9. The lowest BCUT2D eigenvalue weighted by Crippen LogP contribution is -2.21. The van der Waals surface area contributed by atoms with Crippen LogP contribution >= 0.6 is 0 Å². The number of hydrazone groups is 1. The Morgan fingerprint density at radius 2 is 1.86 bits per heavy atom. The molecule has 7 heteroatoms. The number of ether oxygens (including phenoxy) is 1. The number of carbonyl (C=O) groups excluding carboxylic acids is 2. The van der Waals surface area contributed by atoms with Crippen molar-refractivity contribution in [3.8, 4) is 11.3 Å². The normalized spacial score (nSPS) is 11.1. The highest BCUT2D eigenvalue weighted by Gasteiger charge is 2.06. The molecule has 114 valence electrons. The third-order valence-corrected chi connectivity index (χ3v) is 2.89. The van der Waals surface area contributed by atoms with Gasteiger partial charge in [-0.3, -0.25) is 0 Å². The molecule has 0 spiro atoms. The molecule has 1 aromatic carbocycles. The number of methoxy groups -OCH3 is 1. The molecule has 0 saturated carbocycles. The molecule has 0 unspecified atom stereocenters. The molecule has 1 amide bonds. The summed E-state index contributed by atoms with van der Waals surface area (Å²) in [4.78, 5) is 21.6. The van der Waals surface area contributed by atoms with Crippen LogP contribution in [0.25, 0.3) is 11.3 Å². The van der Waals surface area contributed by atoms with Crippen LogP contribution in [-0.2, 0) is 4.74 Å². The zero-order valence-corrected chi connectivity index (χ0v) is 12.0. The van der Waals surface area contributed by atoms with Crippen molar-refractivity contribution in [2.24, 2.45) is 5.10 Å². The van der Waals surface area contributed by atoms with Crippen LogP contribution in [0.1, 0.15) is 23.0 Å². The van der Waals surface area contributed by atoms with E-state index in [4.69, 9.17) is 4.42 Å². The topological polar surface area (TPSA) is 104 Å². The Morgan fingerprint density at radius 3 is 2.41 bits per heavy atom. The number of carboxylic acids is 1. The molecular weight excluding hydrogens is 288 g/mol. The molecule has 7 nitrogen and oxygen atoms in total. The molecule has 0 bridgehead atoms. The summed E-state index contributed by atoms with van der Waals surface area (Å²) in [5.41, 5.74) is 4.32.